The minimum Gasteiger partial charge on any atom is -0.297 e. The van der Waals surface area contributed by atoms with Crippen LogP contribution in [-0.4, -0.2) is 26.2 Å². The lowest BCUT2D eigenvalue weighted by molar-refractivity contribution is -0.121. The predicted molar refractivity (Wildman–Crippen MR) is 82.1 cm³/mol. The van der Waals surface area contributed by atoms with E-state index in [-0.39, 0.29) is 18.2 Å². The number of sulfone groups is 1. The van der Waals surface area contributed by atoms with Crippen molar-refractivity contribution in [3.63, 3.8) is 0 Å². The van der Waals surface area contributed by atoms with Crippen molar-refractivity contribution >= 4 is 31.6 Å². The largest absolute Gasteiger partial charge is 0.310 e. The molecule has 1 atom stereocenters. The fourth-order valence-electron chi connectivity index (χ4n) is 2.26. The Labute approximate surface area is 145 Å². The summed E-state index contributed by atoms with van der Waals surface area (Å²) in [6.45, 7) is 0. The van der Waals surface area contributed by atoms with Crippen molar-refractivity contribution in [1.82, 2.24) is 0 Å². The van der Waals surface area contributed by atoms with Gasteiger partial charge in [0.1, 0.15) is 4.90 Å². The first-order valence-electron chi connectivity index (χ1n) is 7.01. The molecule has 0 heterocycles. The second kappa shape index (κ2) is 5.26. The molecule has 1 aliphatic rings. The standard InChI is InChI=1S/C14H12F5NO4S2/c1-25(23,24)12-6-9(26(15,16,17,18)19)4-5-10(12)14(22)11(7-20)13(21)8-2-3-8/h4-6,8,11H,2-3H2,1H3. The van der Waals surface area contributed by atoms with Crippen LogP contribution in [0, 0.1) is 23.2 Å². The summed E-state index contributed by atoms with van der Waals surface area (Å²) in [6.07, 6.45) is 1.30. The van der Waals surface area contributed by atoms with Crippen molar-refractivity contribution < 1.29 is 37.4 Å². The number of rotatable bonds is 6. The van der Waals surface area contributed by atoms with Crippen molar-refractivity contribution in [2.24, 2.45) is 11.8 Å². The summed E-state index contributed by atoms with van der Waals surface area (Å²) in [5, 5.41) is 9.03. The number of hydrogen-bond donors (Lipinski definition) is 0. The average molecular weight is 417 g/mol. The zero-order valence-corrected chi connectivity index (χ0v) is 14.7. The molecule has 1 saturated carbocycles. The second-order valence-corrected chi connectivity index (χ2v) is 10.4. The molecule has 12 heteroatoms. The number of halogens is 5. The van der Waals surface area contributed by atoms with Crippen LogP contribution in [0.3, 0.4) is 0 Å². The summed E-state index contributed by atoms with van der Waals surface area (Å²) >= 11 is 0. The molecule has 0 bridgehead atoms. The third-order valence-electron chi connectivity index (χ3n) is 3.72. The van der Waals surface area contributed by atoms with E-state index >= 15 is 0 Å². The third-order valence-corrected chi connectivity index (χ3v) is 6.00. The lowest BCUT2D eigenvalue weighted by Gasteiger charge is -2.40. The normalized spacial score (nSPS) is 19.0. The highest BCUT2D eigenvalue weighted by molar-refractivity contribution is 8.45. The van der Waals surface area contributed by atoms with Gasteiger partial charge in [0.15, 0.2) is 27.3 Å². The van der Waals surface area contributed by atoms with E-state index < -0.39 is 58.8 Å². The number of hydrogen-bond acceptors (Lipinski definition) is 5. The molecule has 0 N–H and O–H groups in total. The first-order chi connectivity index (χ1) is 11.5. The Morgan fingerprint density at radius 1 is 1.19 bits per heavy atom. The van der Waals surface area contributed by atoms with Gasteiger partial charge in [-0.15, -0.1) is 0 Å². The topological polar surface area (TPSA) is 92.1 Å². The van der Waals surface area contributed by atoms with Gasteiger partial charge in [0.25, 0.3) is 0 Å². The van der Waals surface area contributed by atoms with Crippen LogP contribution in [-0.2, 0) is 14.6 Å². The SMILES string of the molecule is CS(=O)(=O)c1cc(S(F)(F)(F)(F)F)ccc1C(=O)C(C#N)C(=O)C1CC1. The Morgan fingerprint density at radius 3 is 2.12 bits per heavy atom. The number of carbonyl (C=O) groups excluding carboxylic acids is 2. The fourth-order valence-corrected chi connectivity index (χ4v) is 3.91. The summed E-state index contributed by atoms with van der Waals surface area (Å²) < 4.78 is 88.2. The van der Waals surface area contributed by atoms with Gasteiger partial charge in [-0.3, -0.25) is 9.59 Å². The molecule has 2 rings (SSSR count). The smallest absolute Gasteiger partial charge is 0.297 e. The summed E-state index contributed by atoms with van der Waals surface area (Å²) in [6, 6.07) is 1.20. The van der Waals surface area contributed by atoms with E-state index in [1.54, 1.807) is 0 Å². The van der Waals surface area contributed by atoms with E-state index in [0.717, 1.165) is 0 Å². The van der Waals surface area contributed by atoms with Gasteiger partial charge in [0.05, 0.1) is 11.0 Å². The van der Waals surface area contributed by atoms with Gasteiger partial charge in [-0.25, -0.2) is 8.42 Å². The number of benzene rings is 1. The highest BCUT2D eigenvalue weighted by atomic mass is 32.5. The Balaban J connectivity index is 2.65. The van der Waals surface area contributed by atoms with Crippen LogP contribution in [0.1, 0.15) is 23.2 Å². The minimum absolute atomic E-state index is 0.125. The maximum Gasteiger partial charge on any atom is 0.310 e. The van der Waals surface area contributed by atoms with Crippen molar-refractivity contribution in [3.8, 4) is 6.07 Å². The van der Waals surface area contributed by atoms with Gasteiger partial charge in [0, 0.05) is 17.7 Å². The Hall–Kier alpha value is -2.00. The number of Topliss-reactive ketones (excluding diaryl/α,β-unsaturated/α-hetero) is 2. The van der Waals surface area contributed by atoms with Crippen LogP contribution in [0.4, 0.5) is 19.4 Å². The van der Waals surface area contributed by atoms with Gasteiger partial charge in [-0.1, -0.05) is 19.4 Å². The lowest BCUT2D eigenvalue weighted by atomic mass is 9.92. The molecular weight excluding hydrogens is 405 g/mol. The van der Waals surface area contributed by atoms with Crippen LogP contribution in [0.2, 0.25) is 0 Å². The van der Waals surface area contributed by atoms with Crippen LogP contribution in [0.5, 0.6) is 0 Å². The first kappa shape index (κ1) is 20.3. The molecule has 144 valence electrons. The van der Waals surface area contributed by atoms with Gasteiger partial charge < -0.3 is 0 Å². The molecule has 1 aromatic rings. The molecule has 0 radical (unpaired) electrons. The molecule has 0 spiro atoms. The average Bonchev–Trinajstić information content (AvgIpc) is 3.28. The number of carbonyl (C=O) groups is 2. The van der Waals surface area contributed by atoms with Crippen molar-refractivity contribution in [1.29, 1.82) is 5.26 Å². The molecule has 0 amide bonds. The van der Waals surface area contributed by atoms with E-state index in [1.807, 2.05) is 0 Å². The second-order valence-electron chi connectivity index (χ2n) is 6.00. The molecule has 0 saturated heterocycles. The van der Waals surface area contributed by atoms with Crippen molar-refractivity contribution in [3.05, 3.63) is 23.8 Å². The molecular formula is C14H12F5NO4S2. The summed E-state index contributed by atoms with van der Waals surface area (Å²) in [5.74, 6) is -4.56. The van der Waals surface area contributed by atoms with Crippen LogP contribution in [0.25, 0.3) is 0 Å². The molecule has 0 aliphatic heterocycles. The summed E-state index contributed by atoms with van der Waals surface area (Å²) in [7, 11) is -14.7. The molecule has 1 aliphatic carbocycles. The third kappa shape index (κ3) is 4.21. The van der Waals surface area contributed by atoms with Gasteiger partial charge in [-0.05, 0) is 31.0 Å². The van der Waals surface area contributed by atoms with E-state index in [1.165, 1.54) is 6.07 Å². The predicted octanol–water partition coefficient (Wildman–Crippen LogP) is 4.05. The maximum atomic E-state index is 12.9. The van der Waals surface area contributed by atoms with Gasteiger partial charge >= 0.3 is 10.2 Å². The molecule has 26 heavy (non-hydrogen) atoms. The quantitative estimate of drug-likeness (QED) is 0.396. The van der Waals surface area contributed by atoms with E-state index in [4.69, 9.17) is 5.26 Å². The van der Waals surface area contributed by atoms with Gasteiger partial charge in [0.2, 0.25) is 0 Å². The Bertz CT molecular complexity index is 960. The lowest BCUT2D eigenvalue weighted by Crippen LogP contribution is -2.26. The molecule has 1 aromatic carbocycles. The number of nitrogens with zero attached hydrogens (tertiary/aromatic N) is 1. The van der Waals surface area contributed by atoms with E-state index in [2.05, 4.69) is 0 Å². The zero-order chi connectivity index (χ0) is 20.2. The Morgan fingerprint density at radius 2 is 1.73 bits per heavy atom. The van der Waals surface area contributed by atoms with Crippen molar-refractivity contribution in [2.45, 2.75) is 22.6 Å². The van der Waals surface area contributed by atoms with E-state index in [9.17, 15) is 37.4 Å². The first-order valence-corrected chi connectivity index (χ1v) is 10.9. The number of ketones is 2. The van der Waals surface area contributed by atoms with Crippen LogP contribution < -0.4 is 0 Å². The zero-order valence-electron chi connectivity index (χ0n) is 13.1. The van der Waals surface area contributed by atoms with Crippen LogP contribution >= 0.6 is 10.2 Å². The van der Waals surface area contributed by atoms with E-state index in [0.29, 0.717) is 19.1 Å². The molecule has 1 fully saturated rings. The van der Waals surface area contributed by atoms with Crippen LogP contribution in [0.15, 0.2) is 28.0 Å². The Kier molecular flexibility index (Phi) is 4.11. The maximum absolute atomic E-state index is 12.9. The number of nitriles is 1. The molecule has 5 nitrogen and oxygen atoms in total. The molecule has 0 aromatic heterocycles. The minimum atomic E-state index is -10.2. The highest BCUT2D eigenvalue weighted by Crippen LogP contribution is 3.02. The highest BCUT2D eigenvalue weighted by Gasteiger charge is 2.65. The summed E-state index contributed by atoms with van der Waals surface area (Å²) in [5.41, 5.74) is -0.904. The van der Waals surface area contributed by atoms with Gasteiger partial charge in [-0.2, -0.15) is 5.26 Å². The molecule has 1 unspecified atom stereocenters. The van der Waals surface area contributed by atoms with Crippen molar-refractivity contribution in [2.75, 3.05) is 6.26 Å². The summed E-state index contributed by atoms with van der Waals surface area (Å²) in [4.78, 5) is 20.5. The monoisotopic (exact) mass is 417 g/mol. The fraction of sp³-hybridized carbons (Fsp3) is 0.357.